The molecule has 5 heterocycles. The van der Waals surface area contributed by atoms with Crippen molar-refractivity contribution < 1.29 is 14.0 Å². The topological polar surface area (TPSA) is 80.4 Å². The molecule has 0 fully saturated rings. The van der Waals surface area contributed by atoms with Crippen molar-refractivity contribution in [3.8, 4) is 0 Å². The molecule has 2 aliphatic rings. The number of fused-ring (bicyclic) bond motifs is 1. The third-order valence-electron chi connectivity index (χ3n) is 6.84. The second-order valence-electron chi connectivity index (χ2n) is 8.99. The van der Waals surface area contributed by atoms with Crippen LogP contribution < -0.4 is 5.32 Å². The quantitative estimate of drug-likeness (QED) is 0.410. The number of para-hydroxylation sites is 1. The molecule has 3 aromatic heterocycles. The fourth-order valence-electron chi connectivity index (χ4n) is 5.18. The third-order valence-corrected chi connectivity index (χ3v) is 6.84. The van der Waals surface area contributed by atoms with E-state index >= 15 is 0 Å². The van der Waals surface area contributed by atoms with Gasteiger partial charge < -0.3 is 8.98 Å². The Bertz CT molecular complexity index is 1480. The maximum absolute atomic E-state index is 13.1. The van der Waals surface area contributed by atoms with Gasteiger partial charge in [0.25, 0.3) is 11.8 Å². The Morgan fingerprint density at radius 3 is 2.51 bits per heavy atom. The van der Waals surface area contributed by atoms with Gasteiger partial charge in [-0.1, -0.05) is 18.2 Å². The Labute approximate surface area is 215 Å². The van der Waals surface area contributed by atoms with Crippen LogP contribution in [-0.2, 0) is 22.6 Å². The molecule has 1 aromatic carbocycles. The summed E-state index contributed by atoms with van der Waals surface area (Å²) in [5.41, 5.74) is 4.95. The van der Waals surface area contributed by atoms with Gasteiger partial charge in [-0.15, -0.1) is 24.8 Å². The number of carbonyl (C=O) groups is 2. The van der Waals surface area contributed by atoms with E-state index in [4.69, 9.17) is 4.42 Å². The van der Waals surface area contributed by atoms with Crippen molar-refractivity contribution in [2.45, 2.75) is 32.9 Å². The van der Waals surface area contributed by atoms with Crippen molar-refractivity contribution in [3.05, 3.63) is 65.8 Å². The molecule has 6 rings (SSSR count). The number of nitrogens with one attached hydrogen (secondary N) is 1. The second-order valence-corrected chi connectivity index (χ2v) is 8.99. The zero-order valence-corrected chi connectivity index (χ0v) is 21.0. The molecule has 0 aliphatic carbocycles. The second kappa shape index (κ2) is 9.49. The Hall–Kier alpha value is -3.13. The standard InChI is InChI=1S/C26H24N4O3.2ClH/c1-15(2)29-8-6-16-4-3-5-18-20(14-30(10-9-29)23(16)18)22-21(25(31)28-26(22)32)19-13-27-12-17-7-11-33-24(17)19;;/h3-5,7,11-15H,6,8-10H2,1-2H3,(H,28,31,32);2*1H. The summed E-state index contributed by atoms with van der Waals surface area (Å²) in [6.45, 7) is 7.19. The molecule has 0 bridgehead atoms. The van der Waals surface area contributed by atoms with Crippen LogP contribution in [0.1, 0.15) is 30.5 Å². The summed E-state index contributed by atoms with van der Waals surface area (Å²) in [7, 11) is 0. The van der Waals surface area contributed by atoms with Crippen LogP contribution in [-0.4, -0.2) is 45.4 Å². The molecule has 0 unspecified atom stereocenters. The molecule has 4 aromatic rings. The summed E-state index contributed by atoms with van der Waals surface area (Å²) in [6.07, 6.45) is 7.82. The molecular weight excluding hydrogens is 487 g/mol. The summed E-state index contributed by atoms with van der Waals surface area (Å²) in [6, 6.07) is 8.51. The number of rotatable bonds is 3. The van der Waals surface area contributed by atoms with Crippen LogP contribution >= 0.6 is 24.8 Å². The van der Waals surface area contributed by atoms with Crippen LogP contribution in [0.2, 0.25) is 0 Å². The lowest BCUT2D eigenvalue weighted by Gasteiger charge is -2.29. The van der Waals surface area contributed by atoms with Gasteiger partial charge in [0.2, 0.25) is 0 Å². The molecule has 0 atom stereocenters. The van der Waals surface area contributed by atoms with Crippen LogP contribution in [0.4, 0.5) is 0 Å². The zero-order valence-electron chi connectivity index (χ0n) is 19.4. The number of imide groups is 1. The van der Waals surface area contributed by atoms with E-state index < -0.39 is 5.91 Å². The highest BCUT2D eigenvalue weighted by molar-refractivity contribution is 6.50. The predicted octanol–water partition coefficient (Wildman–Crippen LogP) is 4.46. The number of nitrogens with zero attached hydrogens (tertiary/aromatic N) is 3. The maximum Gasteiger partial charge on any atom is 0.259 e. The highest BCUT2D eigenvalue weighted by Crippen LogP contribution is 2.39. The number of aromatic nitrogens is 2. The summed E-state index contributed by atoms with van der Waals surface area (Å²) >= 11 is 0. The smallest absolute Gasteiger partial charge is 0.259 e. The molecular formula is C26H26Cl2N4O3. The minimum absolute atomic E-state index is 0. The zero-order chi connectivity index (χ0) is 22.7. The van der Waals surface area contributed by atoms with E-state index in [0.29, 0.717) is 28.3 Å². The number of amides is 2. The first-order valence-electron chi connectivity index (χ1n) is 11.3. The normalized spacial score (nSPS) is 16.3. The van der Waals surface area contributed by atoms with Gasteiger partial charge in [0, 0.05) is 66.2 Å². The third kappa shape index (κ3) is 3.93. The predicted molar refractivity (Wildman–Crippen MR) is 141 cm³/mol. The van der Waals surface area contributed by atoms with Crippen molar-refractivity contribution in [2.75, 3.05) is 13.1 Å². The number of carbonyl (C=O) groups excluding carboxylic acids is 2. The number of benzene rings is 1. The minimum atomic E-state index is -0.423. The molecule has 0 radical (unpaired) electrons. The van der Waals surface area contributed by atoms with E-state index in [2.05, 4.69) is 39.7 Å². The molecule has 35 heavy (non-hydrogen) atoms. The van der Waals surface area contributed by atoms with Gasteiger partial charge in [0.1, 0.15) is 5.58 Å². The Morgan fingerprint density at radius 2 is 1.74 bits per heavy atom. The van der Waals surface area contributed by atoms with Gasteiger partial charge >= 0.3 is 0 Å². The molecule has 182 valence electrons. The van der Waals surface area contributed by atoms with Crippen molar-refractivity contribution in [1.29, 1.82) is 0 Å². The van der Waals surface area contributed by atoms with E-state index in [1.165, 1.54) is 5.56 Å². The van der Waals surface area contributed by atoms with Gasteiger partial charge in [-0.3, -0.25) is 24.8 Å². The Kier molecular flexibility index (Phi) is 6.77. The first kappa shape index (κ1) is 25.0. The Morgan fingerprint density at radius 1 is 0.971 bits per heavy atom. The summed E-state index contributed by atoms with van der Waals surface area (Å²) < 4.78 is 7.90. The van der Waals surface area contributed by atoms with E-state index in [-0.39, 0.29) is 30.7 Å². The SMILES string of the molecule is CC(C)N1CCc2cccc3c(C4=C(c5cncc6ccoc56)C(=O)NC4=O)cn(c23)CC1.Cl.Cl. The first-order valence-corrected chi connectivity index (χ1v) is 11.3. The Balaban J connectivity index is 0.00000144. The lowest BCUT2D eigenvalue weighted by Crippen LogP contribution is -2.36. The number of halogens is 2. The van der Waals surface area contributed by atoms with Crippen molar-refractivity contribution in [3.63, 3.8) is 0 Å². The van der Waals surface area contributed by atoms with Crippen LogP contribution in [0.25, 0.3) is 33.0 Å². The summed E-state index contributed by atoms with van der Waals surface area (Å²) in [4.78, 5) is 32.8. The largest absolute Gasteiger partial charge is 0.464 e. The molecule has 2 aliphatic heterocycles. The highest BCUT2D eigenvalue weighted by Gasteiger charge is 2.35. The molecule has 7 nitrogen and oxygen atoms in total. The monoisotopic (exact) mass is 512 g/mol. The highest BCUT2D eigenvalue weighted by atomic mass is 35.5. The van der Waals surface area contributed by atoms with Crippen molar-refractivity contribution in [2.24, 2.45) is 0 Å². The first-order chi connectivity index (χ1) is 16.0. The van der Waals surface area contributed by atoms with Gasteiger partial charge in [-0.2, -0.15) is 0 Å². The van der Waals surface area contributed by atoms with Crippen molar-refractivity contribution in [1.82, 2.24) is 19.8 Å². The number of hydrogen-bond donors (Lipinski definition) is 1. The minimum Gasteiger partial charge on any atom is -0.464 e. The van der Waals surface area contributed by atoms with Crippen LogP contribution in [0.5, 0.6) is 0 Å². The summed E-state index contributed by atoms with van der Waals surface area (Å²) in [5.74, 6) is -0.810. The molecule has 0 saturated heterocycles. The van der Waals surface area contributed by atoms with Crippen molar-refractivity contribution >= 4 is 69.6 Å². The van der Waals surface area contributed by atoms with E-state index in [0.717, 1.165) is 47.9 Å². The molecule has 2 amide bonds. The van der Waals surface area contributed by atoms with Gasteiger partial charge in [-0.25, -0.2) is 0 Å². The van der Waals surface area contributed by atoms with E-state index in [1.807, 2.05) is 18.3 Å². The average Bonchev–Trinajstić information content (AvgIpc) is 3.47. The molecule has 0 saturated carbocycles. The maximum atomic E-state index is 13.1. The number of hydrogen-bond acceptors (Lipinski definition) is 5. The van der Waals surface area contributed by atoms with Gasteiger partial charge in [0.15, 0.2) is 0 Å². The van der Waals surface area contributed by atoms with E-state index in [1.54, 1.807) is 24.7 Å². The fraction of sp³-hybridized carbons (Fsp3) is 0.269. The van der Waals surface area contributed by atoms with Crippen LogP contribution in [0.3, 0.4) is 0 Å². The lowest BCUT2D eigenvalue weighted by atomic mass is 9.95. The lowest BCUT2D eigenvalue weighted by molar-refractivity contribution is -0.122. The number of pyridine rings is 1. The molecule has 0 spiro atoms. The van der Waals surface area contributed by atoms with Gasteiger partial charge in [0.05, 0.1) is 22.9 Å². The van der Waals surface area contributed by atoms with Crippen LogP contribution in [0, 0.1) is 0 Å². The summed E-state index contributed by atoms with van der Waals surface area (Å²) in [5, 5.41) is 4.28. The van der Waals surface area contributed by atoms with Gasteiger partial charge in [-0.05, 0) is 31.9 Å². The average molecular weight is 513 g/mol. The van der Waals surface area contributed by atoms with E-state index in [9.17, 15) is 9.59 Å². The fourth-order valence-corrected chi connectivity index (χ4v) is 5.18. The van der Waals surface area contributed by atoms with Crippen LogP contribution in [0.15, 0.2) is 53.5 Å². The molecule has 1 N–H and O–H groups in total. The molecule has 9 heteroatoms. The number of furan rings is 1.